The summed E-state index contributed by atoms with van der Waals surface area (Å²) in [6, 6.07) is 3.64. The highest BCUT2D eigenvalue weighted by molar-refractivity contribution is 5.70. The summed E-state index contributed by atoms with van der Waals surface area (Å²) < 4.78 is 17.8. The van der Waals surface area contributed by atoms with E-state index in [1.807, 2.05) is 0 Å². The Morgan fingerprint density at radius 3 is 2.69 bits per heavy atom. The molecule has 1 rings (SSSR count). The zero-order valence-electron chi connectivity index (χ0n) is 8.70. The number of ether oxygens (including phenoxy) is 1. The molecule has 86 valence electrons. The molecule has 0 heterocycles. The van der Waals surface area contributed by atoms with Crippen molar-refractivity contribution in [3.63, 3.8) is 0 Å². The van der Waals surface area contributed by atoms with Crippen LogP contribution in [0.25, 0.3) is 0 Å². The van der Waals surface area contributed by atoms with Crippen LogP contribution >= 0.6 is 0 Å². The molecule has 0 bridgehead atoms. The number of esters is 1. The van der Waals surface area contributed by atoms with Crippen LogP contribution in [0.1, 0.15) is 18.9 Å². The monoisotopic (exact) mass is 226 g/mol. The van der Waals surface area contributed by atoms with Crippen molar-refractivity contribution in [1.29, 1.82) is 0 Å². The second-order valence-corrected chi connectivity index (χ2v) is 3.24. The molecule has 0 spiro atoms. The van der Waals surface area contributed by atoms with E-state index in [-0.39, 0.29) is 18.6 Å². The number of carboxylic acid groups (broad SMARTS) is 1. The molecule has 0 radical (unpaired) electrons. The van der Waals surface area contributed by atoms with Crippen LogP contribution < -0.4 is 4.74 Å². The zero-order valence-corrected chi connectivity index (χ0v) is 8.70. The minimum Gasteiger partial charge on any atom is -0.481 e. The normalized spacial score (nSPS) is 9.88. The van der Waals surface area contributed by atoms with Crippen LogP contribution in [-0.4, -0.2) is 17.0 Å². The Bertz CT molecular complexity index is 414. The molecule has 0 saturated carbocycles. The van der Waals surface area contributed by atoms with Gasteiger partial charge in [-0.3, -0.25) is 9.59 Å². The molecule has 0 fully saturated rings. The van der Waals surface area contributed by atoms with Crippen LogP contribution in [-0.2, 0) is 16.0 Å². The molecule has 0 aromatic heterocycles. The third-order valence-electron chi connectivity index (χ3n) is 1.88. The lowest BCUT2D eigenvalue weighted by molar-refractivity contribution is -0.137. The molecular weight excluding hydrogens is 215 g/mol. The van der Waals surface area contributed by atoms with Crippen molar-refractivity contribution in [3.05, 3.63) is 29.6 Å². The van der Waals surface area contributed by atoms with Gasteiger partial charge in [0, 0.05) is 13.3 Å². The molecular formula is C11H11FO4. The van der Waals surface area contributed by atoms with E-state index < -0.39 is 17.8 Å². The fourth-order valence-corrected chi connectivity index (χ4v) is 1.24. The highest BCUT2D eigenvalue weighted by Gasteiger charge is 2.09. The minimum atomic E-state index is -0.988. The number of hydrogen-bond donors (Lipinski definition) is 1. The maximum absolute atomic E-state index is 12.9. The number of benzene rings is 1. The van der Waals surface area contributed by atoms with Gasteiger partial charge in [0.25, 0.3) is 0 Å². The minimum absolute atomic E-state index is 0.121. The van der Waals surface area contributed by atoms with Gasteiger partial charge in [-0.05, 0) is 30.2 Å². The van der Waals surface area contributed by atoms with E-state index in [1.165, 1.54) is 19.1 Å². The molecule has 1 aromatic carbocycles. The average molecular weight is 226 g/mol. The van der Waals surface area contributed by atoms with Crippen LogP contribution in [0, 0.1) is 5.82 Å². The second-order valence-electron chi connectivity index (χ2n) is 3.24. The number of hydrogen-bond acceptors (Lipinski definition) is 3. The lowest BCUT2D eigenvalue weighted by Crippen LogP contribution is -2.06. The Hall–Kier alpha value is -1.91. The van der Waals surface area contributed by atoms with Crippen molar-refractivity contribution in [3.8, 4) is 5.75 Å². The number of carbonyl (C=O) groups is 2. The van der Waals surface area contributed by atoms with Crippen molar-refractivity contribution in [2.45, 2.75) is 19.8 Å². The van der Waals surface area contributed by atoms with E-state index in [9.17, 15) is 14.0 Å². The molecule has 0 amide bonds. The van der Waals surface area contributed by atoms with Gasteiger partial charge in [-0.2, -0.15) is 0 Å². The molecule has 0 aliphatic rings. The van der Waals surface area contributed by atoms with Crippen LogP contribution in [0.4, 0.5) is 4.39 Å². The fraction of sp³-hybridized carbons (Fsp3) is 0.273. The fourth-order valence-electron chi connectivity index (χ4n) is 1.24. The number of aryl methyl sites for hydroxylation is 1. The highest BCUT2D eigenvalue weighted by Crippen LogP contribution is 2.21. The Kier molecular flexibility index (Phi) is 3.99. The lowest BCUT2D eigenvalue weighted by atomic mass is 10.1. The van der Waals surface area contributed by atoms with E-state index in [0.717, 1.165) is 6.07 Å². The van der Waals surface area contributed by atoms with Crippen molar-refractivity contribution in [2.75, 3.05) is 0 Å². The molecule has 0 aliphatic heterocycles. The molecule has 0 saturated heterocycles. The number of carboxylic acids is 1. The molecule has 16 heavy (non-hydrogen) atoms. The molecule has 0 atom stereocenters. The van der Waals surface area contributed by atoms with Crippen molar-refractivity contribution >= 4 is 11.9 Å². The molecule has 0 aliphatic carbocycles. The van der Waals surface area contributed by atoms with Crippen molar-refractivity contribution < 1.29 is 23.8 Å². The Morgan fingerprint density at radius 1 is 1.44 bits per heavy atom. The standard InChI is InChI=1S/C11H11FO4/c1-7(13)16-10-4-3-9(12)6-8(10)2-5-11(14)15/h3-4,6H,2,5H2,1H3,(H,14,15). The largest absolute Gasteiger partial charge is 0.481 e. The number of halogens is 1. The summed E-state index contributed by atoms with van der Waals surface area (Å²) in [5.74, 6) is -1.80. The van der Waals surface area contributed by atoms with Gasteiger partial charge >= 0.3 is 11.9 Å². The van der Waals surface area contributed by atoms with Crippen molar-refractivity contribution in [1.82, 2.24) is 0 Å². The zero-order chi connectivity index (χ0) is 12.1. The number of rotatable bonds is 4. The predicted molar refractivity (Wildman–Crippen MR) is 53.7 cm³/mol. The van der Waals surface area contributed by atoms with E-state index in [1.54, 1.807) is 0 Å². The van der Waals surface area contributed by atoms with Gasteiger partial charge in [-0.1, -0.05) is 0 Å². The first-order chi connectivity index (χ1) is 7.49. The van der Waals surface area contributed by atoms with Gasteiger partial charge in [0.1, 0.15) is 11.6 Å². The first-order valence-corrected chi connectivity index (χ1v) is 4.67. The van der Waals surface area contributed by atoms with Gasteiger partial charge in [0.2, 0.25) is 0 Å². The summed E-state index contributed by atoms with van der Waals surface area (Å²) in [4.78, 5) is 21.1. The van der Waals surface area contributed by atoms with Gasteiger partial charge in [-0.15, -0.1) is 0 Å². The summed E-state index contributed by atoms with van der Waals surface area (Å²) >= 11 is 0. The van der Waals surface area contributed by atoms with Crippen LogP contribution in [0.2, 0.25) is 0 Å². The summed E-state index contributed by atoms with van der Waals surface area (Å²) in [6.07, 6.45) is -0.0204. The van der Waals surface area contributed by atoms with E-state index in [2.05, 4.69) is 0 Å². The maximum atomic E-state index is 12.9. The third-order valence-corrected chi connectivity index (χ3v) is 1.88. The van der Waals surface area contributed by atoms with E-state index in [0.29, 0.717) is 5.56 Å². The predicted octanol–water partition coefficient (Wildman–Crippen LogP) is 1.77. The Labute approximate surface area is 91.7 Å². The van der Waals surface area contributed by atoms with Gasteiger partial charge in [0.05, 0.1) is 0 Å². The molecule has 1 N–H and O–H groups in total. The quantitative estimate of drug-likeness (QED) is 0.627. The molecule has 0 unspecified atom stereocenters. The Morgan fingerprint density at radius 2 is 2.12 bits per heavy atom. The van der Waals surface area contributed by atoms with Gasteiger partial charge in [0.15, 0.2) is 0 Å². The smallest absolute Gasteiger partial charge is 0.308 e. The molecule has 4 nitrogen and oxygen atoms in total. The Balaban J connectivity index is 2.89. The number of carbonyl (C=O) groups excluding carboxylic acids is 1. The molecule has 1 aromatic rings. The van der Waals surface area contributed by atoms with Gasteiger partial charge in [-0.25, -0.2) is 4.39 Å². The second kappa shape index (κ2) is 5.25. The molecule has 5 heteroatoms. The van der Waals surface area contributed by atoms with Crippen molar-refractivity contribution in [2.24, 2.45) is 0 Å². The average Bonchev–Trinajstić information content (AvgIpc) is 2.17. The maximum Gasteiger partial charge on any atom is 0.308 e. The van der Waals surface area contributed by atoms with Crippen LogP contribution in [0.15, 0.2) is 18.2 Å². The third kappa shape index (κ3) is 3.68. The van der Waals surface area contributed by atoms with E-state index in [4.69, 9.17) is 9.84 Å². The summed E-state index contributed by atoms with van der Waals surface area (Å²) in [6.45, 7) is 1.23. The first-order valence-electron chi connectivity index (χ1n) is 4.67. The lowest BCUT2D eigenvalue weighted by Gasteiger charge is -2.07. The number of aliphatic carboxylic acids is 1. The first kappa shape index (κ1) is 12.2. The van der Waals surface area contributed by atoms with Crippen LogP contribution in [0.3, 0.4) is 0 Å². The SMILES string of the molecule is CC(=O)Oc1ccc(F)cc1CCC(=O)O. The van der Waals surface area contributed by atoms with Gasteiger partial charge < -0.3 is 9.84 Å². The highest BCUT2D eigenvalue weighted by atomic mass is 19.1. The van der Waals surface area contributed by atoms with E-state index >= 15 is 0 Å². The topological polar surface area (TPSA) is 63.6 Å². The summed E-state index contributed by atoms with van der Waals surface area (Å²) in [5.41, 5.74) is 0.373. The van der Waals surface area contributed by atoms with Crippen LogP contribution in [0.5, 0.6) is 5.75 Å². The summed E-state index contributed by atoms with van der Waals surface area (Å²) in [5, 5.41) is 8.52. The summed E-state index contributed by atoms with van der Waals surface area (Å²) in [7, 11) is 0.